The summed E-state index contributed by atoms with van der Waals surface area (Å²) in [5, 5.41) is 6.00. The quantitative estimate of drug-likeness (QED) is 0.716. The monoisotopic (exact) mass is 310 g/mol. The Labute approximate surface area is 131 Å². The van der Waals surface area contributed by atoms with Crippen LogP contribution in [0.5, 0.6) is 0 Å². The predicted octanol–water partition coefficient (Wildman–Crippen LogP) is 0.307. The van der Waals surface area contributed by atoms with E-state index in [1.807, 2.05) is 13.8 Å². The van der Waals surface area contributed by atoms with Crippen LogP contribution in [0.2, 0.25) is 0 Å². The molecule has 0 aromatic rings. The van der Waals surface area contributed by atoms with Gasteiger partial charge in [0.1, 0.15) is 12.1 Å². The Kier molecular flexibility index (Phi) is 5.05. The second-order valence-corrected chi connectivity index (χ2v) is 6.10. The number of hydrogen-bond donors (Lipinski definition) is 2. The molecule has 124 valence electrons. The maximum absolute atomic E-state index is 12.5. The lowest BCUT2D eigenvalue weighted by molar-refractivity contribution is -0.139. The molecule has 2 saturated heterocycles. The number of hydrogen-bond acceptors (Lipinski definition) is 4. The normalized spacial score (nSPS) is 21.9. The van der Waals surface area contributed by atoms with Gasteiger partial charge in [-0.25, -0.2) is 4.79 Å². The number of piperidine rings is 1. The lowest BCUT2D eigenvalue weighted by Crippen LogP contribution is -2.49. The van der Waals surface area contributed by atoms with Gasteiger partial charge in [0.25, 0.3) is 5.91 Å². The number of rotatable bonds is 5. The molecule has 2 fully saturated rings. The number of nitrogens with one attached hydrogen (secondary N) is 2. The van der Waals surface area contributed by atoms with Crippen molar-refractivity contribution in [1.82, 2.24) is 20.4 Å². The third-order valence-corrected chi connectivity index (χ3v) is 5.00. The van der Waals surface area contributed by atoms with Crippen molar-refractivity contribution in [3.8, 4) is 0 Å². The maximum atomic E-state index is 12.5. The number of likely N-dealkylation sites (N-methyl/N-ethyl adjacent to an activating group) is 1. The van der Waals surface area contributed by atoms with Crippen molar-refractivity contribution in [1.29, 1.82) is 0 Å². The van der Waals surface area contributed by atoms with Gasteiger partial charge in [0.05, 0.1) is 0 Å². The van der Waals surface area contributed by atoms with E-state index in [0.29, 0.717) is 12.8 Å². The molecular weight excluding hydrogens is 284 g/mol. The van der Waals surface area contributed by atoms with Gasteiger partial charge in [-0.1, -0.05) is 13.8 Å². The second kappa shape index (κ2) is 6.64. The summed E-state index contributed by atoms with van der Waals surface area (Å²) in [6.45, 7) is 5.34. The van der Waals surface area contributed by atoms with Crippen molar-refractivity contribution < 1.29 is 14.4 Å². The number of carbonyl (C=O) groups excluding carboxylic acids is 3. The standard InChI is InChI=1S/C15H26N4O3/c1-4-15(5-2)13(21)19(14(22)17-15)10-12(20)18(3)11-6-8-16-9-7-11/h11,16H,4-10H2,1-3H3,(H,17,22). The molecule has 0 spiro atoms. The van der Waals surface area contributed by atoms with Crippen molar-refractivity contribution in [2.24, 2.45) is 0 Å². The Morgan fingerprint density at radius 1 is 1.27 bits per heavy atom. The molecule has 4 amide bonds. The van der Waals surface area contributed by atoms with Crippen molar-refractivity contribution in [2.75, 3.05) is 26.7 Å². The Bertz CT molecular complexity index is 456. The summed E-state index contributed by atoms with van der Waals surface area (Å²) in [5.74, 6) is -0.465. The van der Waals surface area contributed by atoms with Gasteiger partial charge in [0, 0.05) is 13.1 Å². The fourth-order valence-electron chi connectivity index (χ4n) is 3.19. The van der Waals surface area contributed by atoms with Gasteiger partial charge < -0.3 is 15.5 Å². The van der Waals surface area contributed by atoms with Crippen LogP contribution in [0.1, 0.15) is 39.5 Å². The van der Waals surface area contributed by atoms with E-state index in [9.17, 15) is 14.4 Å². The van der Waals surface area contributed by atoms with E-state index < -0.39 is 11.6 Å². The molecule has 2 heterocycles. The first-order chi connectivity index (χ1) is 10.4. The summed E-state index contributed by atoms with van der Waals surface area (Å²) >= 11 is 0. The van der Waals surface area contributed by atoms with E-state index in [1.165, 1.54) is 0 Å². The van der Waals surface area contributed by atoms with Gasteiger partial charge in [-0.05, 0) is 38.8 Å². The minimum absolute atomic E-state index is 0.174. The fraction of sp³-hybridized carbons (Fsp3) is 0.800. The predicted molar refractivity (Wildman–Crippen MR) is 82.2 cm³/mol. The summed E-state index contributed by atoms with van der Waals surface area (Å²) in [5.41, 5.74) is -0.843. The van der Waals surface area contributed by atoms with Crippen LogP contribution in [0.15, 0.2) is 0 Å². The van der Waals surface area contributed by atoms with Crippen LogP contribution in [-0.2, 0) is 9.59 Å². The van der Waals surface area contributed by atoms with Crippen LogP contribution >= 0.6 is 0 Å². The van der Waals surface area contributed by atoms with E-state index in [-0.39, 0.29) is 24.4 Å². The van der Waals surface area contributed by atoms with Crippen LogP contribution in [0.4, 0.5) is 4.79 Å². The SMILES string of the molecule is CCC1(CC)NC(=O)N(CC(=O)N(C)C2CCNCC2)C1=O. The highest BCUT2D eigenvalue weighted by molar-refractivity contribution is 6.08. The van der Waals surface area contributed by atoms with E-state index in [2.05, 4.69) is 10.6 Å². The van der Waals surface area contributed by atoms with Crippen LogP contribution in [0, 0.1) is 0 Å². The lowest BCUT2D eigenvalue weighted by Gasteiger charge is -2.32. The van der Waals surface area contributed by atoms with E-state index >= 15 is 0 Å². The van der Waals surface area contributed by atoms with Gasteiger partial charge in [-0.2, -0.15) is 0 Å². The number of imide groups is 1. The first-order valence-corrected chi connectivity index (χ1v) is 8.05. The van der Waals surface area contributed by atoms with Gasteiger partial charge in [-0.15, -0.1) is 0 Å². The minimum atomic E-state index is -0.843. The smallest absolute Gasteiger partial charge is 0.325 e. The minimum Gasteiger partial charge on any atom is -0.341 e. The van der Waals surface area contributed by atoms with E-state index in [1.54, 1.807) is 11.9 Å². The van der Waals surface area contributed by atoms with Crippen LogP contribution in [0.25, 0.3) is 0 Å². The highest BCUT2D eigenvalue weighted by Gasteiger charge is 2.49. The van der Waals surface area contributed by atoms with Crippen LogP contribution in [-0.4, -0.2) is 65.9 Å². The van der Waals surface area contributed by atoms with Crippen molar-refractivity contribution in [3.05, 3.63) is 0 Å². The zero-order valence-electron chi connectivity index (χ0n) is 13.6. The number of amides is 4. The highest BCUT2D eigenvalue weighted by atomic mass is 16.2. The molecule has 0 aliphatic carbocycles. The number of nitrogens with zero attached hydrogens (tertiary/aromatic N) is 2. The van der Waals surface area contributed by atoms with Gasteiger partial charge in [0.15, 0.2) is 0 Å². The topological polar surface area (TPSA) is 81.8 Å². The third-order valence-electron chi connectivity index (χ3n) is 5.00. The molecule has 0 saturated carbocycles. The van der Waals surface area contributed by atoms with E-state index in [0.717, 1.165) is 30.8 Å². The molecule has 0 bridgehead atoms. The molecule has 22 heavy (non-hydrogen) atoms. The zero-order valence-corrected chi connectivity index (χ0v) is 13.6. The Hall–Kier alpha value is -1.63. The molecule has 0 aromatic heterocycles. The average Bonchev–Trinajstić information content (AvgIpc) is 2.79. The van der Waals surface area contributed by atoms with Gasteiger partial charge in [0.2, 0.25) is 5.91 Å². The van der Waals surface area contributed by atoms with Crippen molar-refractivity contribution in [3.63, 3.8) is 0 Å². The maximum Gasteiger partial charge on any atom is 0.325 e. The van der Waals surface area contributed by atoms with E-state index in [4.69, 9.17) is 0 Å². The largest absolute Gasteiger partial charge is 0.341 e. The average molecular weight is 310 g/mol. The van der Waals surface area contributed by atoms with Crippen LogP contribution < -0.4 is 10.6 Å². The summed E-state index contributed by atoms with van der Waals surface area (Å²) in [7, 11) is 1.75. The van der Waals surface area contributed by atoms with Crippen LogP contribution in [0.3, 0.4) is 0 Å². The zero-order chi connectivity index (χ0) is 16.3. The molecule has 2 N–H and O–H groups in total. The Morgan fingerprint density at radius 3 is 2.36 bits per heavy atom. The first kappa shape index (κ1) is 16.7. The van der Waals surface area contributed by atoms with Gasteiger partial charge in [-0.3, -0.25) is 14.5 Å². The highest BCUT2D eigenvalue weighted by Crippen LogP contribution is 2.25. The molecule has 0 unspecified atom stereocenters. The summed E-state index contributed by atoms with van der Waals surface area (Å²) in [6, 6.07) is -0.280. The molecule has 2 aliphatic rings. The first-order valence-electron chi connectivity index (χ1n) is 8.05. The second-order valence-electron chi connectivity index (χ2n) is 6.10. The molecular formula is C15H26N4O3. The molecule has 0 radical (unpaired) electrons. The van der Waals surface area contributed by atoms with Crippen molar-refractivity contribution >= 4 is 17.8 Å². The molecule has 7 heteroatoms. The molecule has 2 aliphatic heterocycles. The fourth-order valence-corrected chi connectivity index (χ4v) is 3.19. The lowest BCUT2D eigenvalue weighted by atomic mass is 9.93. The summed E-state index contributed by atoms with van der Waals surface area (Å²) < 4.78 is 0. The third kappa shape index (κ3) is 2.95. The Morgan fingerprint density at radius 2 is 1.86 bits per heavy atom. The van der Waals surface area contributed by atoms with Gasteiger partial charge >= 0.3 is 6.03 Å². The molecule has 0 aromatic carbocycles. The molecule has 7 nitrogen and oxygen atoms in total. The van der Waals surface area contributed by atoms with Crippen molar-refractivity contribution in [2.45, 2.75) is 51.1 Å². The number of carbonyl (C=O) groups is 3. The summed E-state index contributed by atoms with van der Waals surface area (Å²) in [4.78, 5) is 39.7. The molecule has 0 atom stereocenters. The Balaban J connectivity index is 2.01. The molecule has 2 rings (SSSR count). The number of urea groups is 1. The summed E-state index contributed by atoms with van der Waals surface area (Å²) in [6.07, 6.45) is 2.86.